The van der Waals surface area contributed by atoms with Gasteiger partial charge in [-0.15, -0.1) is 0 Å². The SMILES string of the molecule is C=Cc1ccc(OCc2ccccc2)c([C@H](C)c2ccccc2)c1. The minimum atomic E-state index is 0.261. The summed E-state index contributed by atoms with van der Waals surface area (Å²) in [5.41, 5.74) is 4.75. The molecule has 0 radical (unpaired) electrons. The van der Waals surface area contributed by atoms with Crippen molar-refractivity contribution in [1.82, 2.24) is 0 Å². The maximum absolute atomic E-state index is 6.13. The fourth-order valence-corrected chi connectivity index (χ4v) is 2.82. The van der Waals surface area contributed by atoms with Crippen molar-refractivity contribution < 1.29 is 4.74 Å². The molecule has 0 saturated carbocycles. The molecule has 3 rings (SSSR count). The zero-order valence-corrected chi connectivity index (χ0v) is 14.0. The Kier molecular flexibility index (Phi) is 5.12. The van der Waals surface area contributed by atoms with Gasteiger partial charge >= 0.3 is 0 Å². The van der Waals surface area contributed by atoms with Crippen LogP contribution in [0.15, 0.2) is 85.4 Å². The van der Waals surface area contributed by atoms with Gasteiger partial charge in [-0.3, -0.25) is 0 Å². The van der Waals surface area contributed by atoms with Gasteiger partial charge in [0, 0.05) is 11.5 Å². The Hall–Kier alpha value is -2.80. The van der Waals surface area contributed by atoms with E-state index in [1.54, 1.807) is 0 Å². The first-order valence-electron chi connectivity index (χ1n) is 8.26. The van der Waals surface area contributed by atoms with Crippen LogP contribution >= 0.6 is 0 Å². The normalized spacial score (nSPS) is 11.7. The molecule has 0 aromatic heterocycles. The fraction of sp³-hybridized carbons (Fsp3) is 0.130. The average Bonchev–Trinajstić information content (AvgIpc) is 2.67. The highest BCUT2D eigenvalue weighted by atomic mass is 16.5. The predicted octanol–water partition coefficient (Wildman–Crippen LogP) is 6.06. The molecule has 1 heteroatoms. The Morgan fingerprint density at radius 3 is 2.25 bits per heavy atom. The number of hydrogen-bond acceptors (Lipinski definition) is 1. The van der Waals surface area contributed by atoms with Crippen LogP contribution in [0.25, 0.3) is 6.08 Å². The first-order chi connectivity index (χ1) is 11.8. The number of hydrogen-bond donors (Lipinski definition) is 0. The highest BCUT2D eigenvalue weighted by Crippen LogP contribution is 2.33. The molecule has 3 aromatic carbocycles. The number of rotatable bonds is 6. The maximum Gasteiger partial charge on any atom is 0.123 e. The van der Waals surface area contributed by atoms with E-state index in [0.29, 0.717) is 6.61 Å². The Bertz CT molecular complexity index is 791. The molecular formula is C23H22O. The monoisotopic (exact) mass is 314 g/mol. The smallest absolute Gasteiger partial charge is 0.123 e. The minimum Gasteiger partial charge on any atom is -0.489 e. The van der Waals surface area contributed by atoms with Crippen LogP contribution in [-0.2, 0) is 6.61 Å². The lowest BCUT2D eigenvalue weighted by Crippen LogP contribution is -2.03. The van der Waals surface area contributed by atoms with Crippen LogP contribution in [0.5, 0.6) is 5.75 Å². The maximum atomic E-state index is 6.13. The van der Waals surface area contributed by atoms with Gasteiger partial charge in [0.15, 0.2) is 0 Å². The van der Waals surface area contributed by atoms with Crippen LogP contribution in [0.3, 0.4) is 0 Å². The van der Waals surface area contributed by atoms with Gasteiger partial charge in [-0.05, 0) is 28.8 Å². The molecule has 0 fully saturated rings. The molecule has 0 heterocycles. The van der Waals surface area contributed by atoms with E-state index in [9.17, 15) is 0 Å². The fourth-order valence-electron chi connectivity index (χ4n) is 2.82. The molecule has 1 nitrogen and oxygen atoms in total. The third kappa shape index (κ3) is 3.75. The summed E-state index contributed by atoms with van der Waals surface area (Å²) in [5.74, 6) is 1.19. The van der Waals surface area contributed by atoms with Gasteiger partial charge in [-0.1, -0.05) is 86.3 Å². The third-order valence-corrected chi connectivity index (χ3v) is 4.27. The van der Waals surface area contributed by atoms with E-state index >= 15 is 0 Å². The van der Waals surface area contributed by atoms with Crippen LogP contribution in [-0.4, -0.2) is 0 Å². The summed E-state index contributed by atoms with van der Waals surface area (Å²) < 4.78 is 6.13. The zero-order chi connectivity index (χ0) is 16.8. The number of benzene rings is 3. The molecule has 24 heavy (non-hydrogen) atoms. The van der Waals surface area contributed by atoms with Gasteiger partial charge in [-0.25, -0.2) is 0 Å². The average molecular weight is 314 g/mol. The molecule has 0 aliphatic carbocycles. The Morgan fingerprint density at radius 1 is 0.917 bits per heavy atom. The van der Waals surface area contributed by atoms with Gasteiger partial charge in [0.1, 0.15) is 12.4 Å². The molecule has 1 atom stereocenters. The van der Waals surface area contributed by atoms with Crippen LogP contribution in [0.1, 0.15) is 35.1 Å². The third-order valence-electron chi connectivity index (χ3n) is 4.27. The molecule has 0 unspecified atom stereocenters. The summed E-state index contributed by atoms with van der Waals surface area (Å²) in [6.07, 6.45) is 1.88. The first-order valence-corrected chi connectivity index (χ1v) is 8.26. The van der Waals surface area contributed by atoms with Crippen molar-refractivity contribution in [2.75, 3.05) is 0 Å². The van der Waals surface area contributed by atoms with E-state index in [2.05, 4.69) is 68.1 Å². The molecule has 3 aromatic rings. The standard InChI is InChI=1S/C23H22O/c1-3-19-14-15-23(24-17-20-10-6-4-7-11-20)22(16-19)18(2)21-12-8-5-9-13-21/h3-16,18H,1,17H2,2H3/t18-/m1/s1. The highest BCUT2D eigenvalue weighted by Gasteiger charge is 2.14. The van der Waals surface area contributed by atoms with Crippen molar-refractivity contribution in [3.63, 3.8) is 0 Å². The molecule has 0 N–H and O–H groups in total. The molecule has 120 valence electrons. The van der Waals surface area contributed by atoms with Gasteiger partial charge in [0.2, 0.25) is 0 Å². The summed E-state index contributed by atoms with van der Waals surface area (Å²) in [6.45, 7) is 6.67. The Morgan fingerprint density at radius 2 is 1.58 bits per heavy atom. The van der Waals surface area contributed by atoms with E-state index in [0.717, 1.165) is 11.3 Å². The lowest BCUT2D eigenvalue weighted by Gasteiger charge is -2.18. The van der Waals surface area contributed by atoms with E-state index in [4.69, 9.17) is 4.74 Å². The van der Waals surface area contributed by atoms with Crippen molar-refractivity contribution in [1.29, 1.82) is 0 Å². The van der Waals surface area contributed by atoms with Gasteiger partial charge in [-0.2, -0.15) is 0 Å². The lowest BCUT2D eigenvalue weighted by atomic mass is 9.91. The second kappa shape index (κ2) is 7.65. The van der Waals surface area contributed by atoms with Gasteiger partial charge in [0.25, 0.3) is 0 Å². The zero-order valence-electron chi connectivity index (χ0n) is 14.0. The molecule has 0 spiro atoms. The summed E-state index contributed by atoms with van der Waals surface area (Å²) in [4.78, 5) is 0. The summed E-state index contributed by atoms with van der Waals surface area (Å²) >= 11 is 0. The van der Waals surface area contributed by atoms with Crippen molar-refractivity contribution in [2.45, 2.75) is 19.4 Å². The van der Waals surface area contributed by atoms with Crippen LogP contribution < -0.4 is 4.74 Å². The molecule has 0 aliphatic heterocycles. The van der Waals surface area contributed by atoms with E-state index in [1.165, 1.54) is 16.7 Å². The van der Waals surface area contributed by atoms with Crippen molar-refractivity contribution >= 4 is 6.08 Å². The number of ether oxygens (including phenoxy) is 1. The second-order valence-electron chi connectivity index (χ2n) is 5.91. The predicted molar refractivity (Wildman–Crippen MR) is 101 cm³/mol. The van der Waals surface area contributed by atoms with Crippen LogP contribution in [0, 0.1) is 0 Å². The largest absolute Gasteiger partial charge is 0.489 e. The first kappa shape index (κ1) is 16.1. The molecule has 0 bridgehead atoms. The Labute approximate surface area is 144 Å². The minimum absolute atomic E-state index is 0.261. The molecular weight excluding hydrogens is 292 g/mol. The van der Waals surface area contributed by atoms with Crippen LogP contribution in [0.2, 0.25) is 0 Å². The van der Waals surface area contributed by atoms with Gasteiger partial charge < -0.3 is 4.74 Å². The van der Waals surface area contributed by atoms with E-state index < -0.39 is 0 Å². The molecule has 0 saturated heterocycles. The summed E-state index contributed by atoms with van der Waals surface area (Å²) in [6, 6.07) is 27.0. The van der Waals surface area contributed by atoms with Crippen molar-refractivity contribution in [2.24, 2.45) is 0 Å². The quantitative estimate of drug-likeness (QED) is 0.537. The van der Waals surface area contributed by atoms with Crippen LogP contribution in [0.4, 0.5) is 0 Å². The molecule has 0 aliphatic rings. The molecule has 0 amide bonds. The Balaban J connectivity index is 1.89. The topological polar surface area (TPSA) is 9.23 Å². The van der Waals surface area contributed by atoms with E-state index in [-0.39, 0.29) is 5.92 Å². The summed E-state index contributed by atoms with van der Waals surface area (Å²) in [5, 5.41) is 0. The van der Waals surface area contributed by atoms with E-state index in [1.807, 2.05) is 30.3 Å². The highest BCUT2D eigenvalue weighted by molar-refractivity contribution is 5.54. The summed E-state index contributed by atoms with van der Waals surface area (Å²) in [7, 11) is 0. The second-order valence-corrected chi connectivity index (χ2v) is 5.91. The van der Waals surface area contributed by atoms with Gasteiger partial charge in [0.05, 0.1) is 0 Å². The van der Waals surface area contributed by atoms with Crippen molar-refractivity contribution in [3.8, 4) is 5.75 Å². The lowest BCUT2D eigenvalue weighted by molar-refractivity contribution is 0.302. The van der Waals surface area contributed by atoms with Crippen molar-refractivity contribution in [3.05, 3.63) is 108 Å².